The fourth-order valence-electron chi connectivity index (χ4n) is 3.43. The molecule has 0 fully saturated rings. The number of hydrogen-bond donors (Lipinski definition) is 2. The number of aliphatic imine (C=N–C) groups is 1. The molecule has 5 heteroatoms. The number of para-hydroxylation sites is 1. The van der Waals surface area contributed by atoms with Crippen LogP contribution < -0.4 is 5.32 Å². The Kier molecular flexibility index (Phi) is 5.30. The largest absolute Gasteiger partial charge is 0.361 e. The molecule has 0 bridgehead atoms. The van der Waals surface area contributed by atoms with Crippen LogP contribution in [-0.4, -0.2) is 34.3 Å². The summed E-state index contributed by atoms with van der Waals surface area (Å²) in [7, 11) is 0. The summed E-state index contributed by atoms with van der Waals surface area (Å²) in [5, 5.41) is 5.32. The highest BCUT2D eigenvalue weighted by molar-refractivity contribution is 8.14. The number of hydrogen-bond acceptors (Lipinski definition) is 3. The molecule has 1 atom stereocenters. The summed E-state index contributed by atoms with van der Waals surface area (Å²) in [5.41, 5.74) is 4.87. The SMILES string of the molecule is Cc1cccc(CC2=N[C@H](C(=O)NCCc3c[nH]c4ccccc34)CS2)c1. The van der Waals surface area contributed by atoms with E-state index in [9.17, 15) is 4.79 Å². The second kappa shape index (κ2) is 8.01. The number of rotatable bonds is 6. The summed E-state index contributed by atoms with van der Waals surface area (Å²) >= 11 is 1.70. The summed E-state index contributed by atoms with van der Waals surface area (Å²) in [4.78, 5) is 20.4. The molecule has 2 aromatic carbocycles. The predicted octanol–water partition coefficient (Wildman–Crippen LogP) is 3.89. The number of H-pyrrole nitrogens is 1. The molecule has 1 aliphatic heterocycles. The summed E-state index contributed by atoms with van der Waals surface area (Å²) in [6.45, 7) is 2.72. The fraction of sp³-hybridized carbons (Fsp3) is 0.273. The van der Waals surface area contributed by atoms with Gasteiger partial charge in [0, 0.05) is 35.8 Å². The molecule has 0 unspecified atom stereocenters. The van der Waals surface area contributed by atoms with Crippen molar-refractivity contribution in [3.63, 3.8) is 0 Å². The van der Waals surface area contributed by atoms with Crippen LogP contribution in [0.5, 0.6) is 0 Å². The van der Waals surface area contributed by atoms with Crippen LogP contribution in [0.2, 0.25) is 0 Å². The van der Waals surface area contributed by atoms with E-state index in [0.29, 0.717) is 6.54 Å². The molecule has 1 aromatic heterocycles. The number of carbonyl (C=O) groups excluding carboxylic acids is 1. The van der Waals surface area contributed by atoms with Gasteiger partial charge in [0.1, 0.15) is 6.04 Å². The first kappa shape index (κ1) is 17.9. The Labute approximate surface area is 163 Å². The van der Waals surface area contributed by atoms with Crippen LogP contribution in [0.15, 0.2) is 59.7 Å². The van der Waals surface area contributed by atoms with Crippen molar-refractivity contribution in [3.05, 3.63) is 71.4 Å². The highest BCUT2D eigenvalue weighted by Gasteiger charge is 2.24. The zero-order valence-electron chi connectivity index (χ0n) is 15.4. The molecule has 138 valence electrons. The van der Waals surface area contributed by atoms with E-state index in [-0.39, 0.29) is 11.9 Å². The second-order valence-electron chi connectivity index (χ2n) is 6.92. The highest BCUT2D eigenvalue weighted by atomic mass is 32.2. The third kappa shape index (κ3) is 4.25. The Bertz CT molecular complexity index is 992. The van der Waals surface area contributed by atoms with Crippen LogP contribution in [0, 0.1) is 6.92 Å². The molecular formula is C22H23N3OS. The lowest BCUT2D eigenvalue weighted by atomic mass is 10.1. The molecule has 0 aliphatic carbocycles. The lowest BCUT2D eigenvalue weighted by molar-refractivity contribution is -0.121. The Morgan fingerprint density at radius 1 is 1.26 bits per heavy atom. The standard InChI is InChI=1S/C22H23N3OS/c1-15-5-4-6-16(11-15)12-21-25-20(14-27-21)22(26)23-10-9-17-13-24-19-8-3-2-7-18(17)19/h2-8,11,13,20,24H,9-10,12,14H2,1H3,(H,23,26)/t20-/m0/s1. The number of nitrogens with one attached hydrogen (secondary N) is 2. The normalized spacial score (nSPS) is 16.5. The number of carbonyl (C=O) groups is 1. The van der Waals surface area contributed by atoms with Gasteiger partial charge in [0.25, 0.3) is 0 Å². The molecule has 27 heavy (non-hydrogen) atoms. The highest BCUT2D eigenvalue weighted by Crippen LogP contribution is 2.22. The van der Waals surface area contributed by atoms with Gasteiger partial charge >= 0.3 is 0 Å². The van der Waals surface area contributed by atoms with Crippen LogP contribution in [0.25, 0.3) is 10.9 Å². The molecule has 1 amide bonds. The Hall–Kier alpha value is -2.53. The number of aromatic amines is 1. The van der Waals surface area contributed by atoms with Crippen LogP contribution in [0.4, 0.5) is 0 Å². The van der Waals surface area contributed by atoms with Crippen molar-refractivity contribution in [1.29, 1.82) is 0 Å². The third-order valence-corrected chi connectivity index (χ3v) is 5.88. The molecule has 4 rings (SSSR count). The van der Waals surface area contributed by atoms with Crippen molar-refractivity contribution < 1.29 is 4.79 Å². The van der Waals surface area contributed by atoms with Gasteiger partial charge < -0.3 is 10.3 Å². The smallest absolute Gasteiger partial charge is 0.245 e. The Balaban J connectivity index is 1.30. The monoisotopic (exact) mass is 377 g/mol. The van der Waals surface area contributed by atoms with Crippen molar-refractivity contribution >= 4 is 33.6 Å². The van der Waals surface area contributed by atoms with E-state index in [1.807, 2.05) is 18.3 Å². The van der Waals surface area contributed by atoms with Crippen molar-refractivity contribution in [1.82, 2.24) is 10.3 Å². The fourth-order valence-corrected chi connectivity index (χ4v) is 4.47. The molecule has 4 nitrogen and oxygen atoms in total. The van der Waals surface area contributed by atoms with Gasteiger partial charge in [-0.2, -0.15) is 0 Å². The number of thioether (sulfide) groups is 1. The molecule has 0 radical (unpaired) electrons. The first-order valence-electron chi connectivity index (χ1n) is 9.27. The Morgan fingerprint density at radius 3 is 3.04 bits per heavy atom. The zero-order chi connectivity index (χ0) is 18.6. The molecule has 0 spiro atoms. The summed E-state index contributed by atoms with van der Waals surface area (Å²) in [6, 6.07) is 16.4. The van der Waals surface area contributed by atoms with Crippen LogP contribution in [-0.2, 0) is 17.6 Å². The third-order valence-electron chi connectivity index (χ3n) is 4.82. The first-order valence-corrected chi connectivity index (χ1v) is 10.3. The summed E-state index contributed by atoms with van der Waals surface area (Å²) < 4.78 is 0. The van der Waals surface area contributed by atoms with Gasteiger partial charge in [0.2, 0.25) is 5.91 Å². The van der Waals surface area contributed by atoms with Gasteiger partial charge in [-0.25, -0.2) is 0 Å². The number of fused-ring (bicyclic) bond motifs is 1. The van der Waals surface area contributed by atoms with E-state index in [1.165, 1.54) is 22.1 Å². The van der Waals surface area contributed by atoms with Gasteiger partial charge in [-0.15, -0.1) is 11.8 Å². The van der Waals surface area contributed by atoms with E-state index in [1.54, 1.807) is 11.8 Å². The van der Waals surface area contributed by atoms with Crippen molar-refractivity contribution in [2.24, 2.45) is 4.99 Å². The average Bonchev–Trinajstić information content (AvgIpc) is 3.29. The van der Waals surface area contributed by atoms with Gasteiger partial charge in [0.05, 0.1) is 5.04 Å². The quantitative estimate of drug-likeness (QED) is 0.685. The van der Waals surface area contributed by atoms with Crippen molar-refractivity contribution in [3.8, 4) is 0 Å². The summed E-state index contributed by atoms with van der Waals surface area (Å²) in [6.07, 6.45) is 3.65. The Morgan fingerprint density at radius 2 is 2.15 bits per heavy atom. The van der Waals surface area contributed by atoms with E-state index in [2.05, 4.69) is 58.6 Å². The van der Waals surface area contributed by atoms with Gasteiger partial charge in [-0.3, -0.25) is 9.79 Å². The van der Waals surface area contributed by atoms with Gasteiger partial charge in [-0.1, -0.05) is 48.0 Å². The number of benzene rings is 2. The van der Waals surface area contributed by atoms with E-state index in [0.717, 1.165) is 29.2 Å². The number of aryl methyl sites for hydroxylation is 1. The molecule has 2 N–H and O–H groups in total. The van der Waals surface area contributed by atoms with E-state index >= 15 is 0 Å². The van der Waals surface area contributed by atoms with E-state index < -0.39 is 0 Å². The molecule has 0 saturated heterocycles. The molecule has 3 aromatic rings. The molecule has 0 saturated carbocycles. The minimum Gasteiger partial charge on any atom is -0.361 e. The van der Waals surface area contributed by atoms with Crippen LogP contribution in [0.3, 0.4) is 0 Å². The summed E-state index contributed by atoms with van der Waals surface area (Å²) in [5.74, 6) is 0.765. The minimum atomic E-state index is -0.266. The van der Waals surface area contributed by atoms with Crippen LogP contribution >= 0.6 is 11.8 Å². The maximum Gasteiger partial charge on any atom is 0.245 e. The van der Waals surface area contributed by atoms with Gasteiger partial charge in [-0.05, 0) is 30.5 Å². The van der Waals surface area contributed by atoms with E-state index in [4.69, 9.17) is 0 Å². The lowest BCUT2D eigenvalue weighted by Crippen LogP contribution is -2.35. The average molecular weight is 378 g/mol. The molecule has 1 aliphatic rings. The minimum absolute atomic E-state index is 0.0292. The number of amides is 1. The topological polar surface area (TPSA) is 57.2 Å². The van der Waals surface area contributed by atoms with Crippen molar-refractivity contribution in [2.75, 3.05) is 12.3 Å². The first-order chi connectivity index (χ1) is 13.2. The van der Waals surface area contributed by atoms with Crippen molar-refractivity contribution in [2.45, 2.75) is 25.8 Å². The lowest BCUT2D eigenvalue weighted by Gasteiger charge is -2.07. The second-order valence-corrected chi connectivity index (χ2v) is 8.01. The maximum absolute atomic E-state index is 12.5. The van der Waals surface area contributed by atoms with Gasteiger partial charge in [0.15, 0.2) is 0 Å². The molecular weight excluding hydrogens is 354 g/mol. The number of nitrogens with zero attached hydrogens (tertiary/aromatic N) is 1. The van der Waals surface area contributed by atoms with Crippen LogP contribution in [0.1, 0.15) is 16.7 Å². The molecule has 2 heterocycles. The zero-order valence-corrected chi connectivity index (χ0v) is 16.2. The maximum atomic E-state index is 12.5. The number of aromatic nitrogens is 1. The predicted molar refractivity (Wildman–Crippen MR) is 114 cm³/mol.